The van der Waals surface area contributed by atoms with Gasteiger partial charge in [-0.2, -0.15) is 0 Å². The minimum atomic E-state index is -0.615. The van der Waals surface area contributed by atoms with E-state index in [-0.39, 0.29) is 17.9 Å². The van der Waals surface area contributed by atoms with E-state index in [1.54, 1.807) is 12.5 Å². The van der Waals surface area contributed by atoms with Crippen LogP contribution in [0.15, 0.2) is 61.2 Å². The minimum Gasteiger partial charge on any atom is -0.492 e. The summed E-state index contributed by atoms with van der Waals surface area (Å²) in [5.74, 6) is 2.19. The molecule has 0 bridgehead atoms. The molecule has 2 atom stereocenters. The van der Waals surface area contributed by atoms with Crippen LogP contribution < -0.4 is 9.47 Å². The number of imidazole rings is 1. The van der Waals surface area contributed by atoms with Gasteiger partial charge < -0.3 is 19.1 Å². The van der Waals surface area contributed by atoms with E-state index in [1.807, 2.05) is 60.2 Å². The number of nitrogens with zero attached hydrogens (tertiary/aromatic N) is 2. The number of hydrogen-bond acceptors (Lipinski definition) is 4. The summed E-state index contributed by atoms with van der Waals surface area (Å²) in [7, 11) is 0. The van der Waals surface area contributed by atoms with Gasteiger partial charge in [0.25, 0.3) is 0 Å². The predicted molar refractivity (Wildman–Crippen MR) is 129 cm³/mol. The standard InChI is InChI=1S/C25H30Cl2N2O3/c1-18(13-26)15-32-24-9-6-20(12-23(24)27)25(2,3)19-4-7-22(8-5-19)31-16-21(30)14-29-11-10-28-17-29/h4-12,17-18,21,30H,13-16H2,1-3H3/t18-,21-/m1/s1. The highest BCUT2D eigenvalue weighted by molar-refractivity contribution is 6.32. The highest BCUT2D eigenvalue weighted by atomic mass is 35.5. The van der Waals surface area contributed by atoms with Gasteiger partial charge >= 0.3 is 0 Å². The lowest BCUT2D eigenvalue weighted by Crippen LogP contribution is -2.23. The topological polar surface area (TPSA) is 56.5 Å². The first-order valence-corrected chi connectivity index (χ1v) is 11.6. The molecule has 0 aliphatic carbocycles. The molecule has 3 rings (SSSR count). The first-order chi connectivity index (χ1) is 15.3. The van der Waals surface area contributed by atoms with Crippen molar-refractivity contribution in [2.45, 2.75) is 38.8 Å². The number of aliphatic hydroxyl groups excluding tert-OH is 1. The van der Waals surface area contributed by atoms with Crippen LogP contribution in [-0.4, -0.2) is 39.9 Å². The molecular weight excluding hydrogens is 447 g/mol. The third kappa shape index (κ3) is 6.41. The SMILES string of the molecule is C[C@H](CCl)COc1ccc(C(C)(C)c2ccc(OC[C@H](O)Cn3ccnc3)cc2)cc1Cl. The Hall–Kier alpha value is -2.21. The van der Waals surface area contributed by atoms with Gasteiger partial charge in [0, 0.05) is 29.6 Å². The van der Waals surface area contributed by atoms with Gasteiger partial charge in [0.1, 0.15) is 24.2 Å². The van der Waals surface area contributed by atoms with Crippen LogP contribution in [0.4, 0.5) is 0 Å². The zero-order valence-electron chi connectivity index (χ0n) is 18.7. The van der Waals surface area contributed by atoms with Crippen molar-refractivity contribution < 1.29 is 14.6 Å². The fraction of sp³-hybridized carbons (Fsp3) is 0.400. The fourth-order valence-corrected chi connectivity index (χ4v) is 3.63. The monoisotopic (exact) mass is 476 g/mol. The van der Waals surface area contributed by atoms with E-state index in [2.05, 4.69) is 18.8 Å². The summed E-state index contributed by atoms with van der Waals surface area (Å²) < 4.78 is 13.4. The van der Waals surface area contributed by atoms with Crippen LogP contribution in [0.5, 0.6) is 11.5 Å². The number of aromatic nitrogens is 2. The average Bonchev–Trinajstić information content (AvgIpc) is 3.29. The summed E-state index contributed by atoms with van der Waals surface area (Å²) in [6, 6.07) is 13.8. The molecule has 0 aliphatic rings. The largest absolute Gasteiger partial charge is 0.492 e. The molecule has 0 spiro atoms. The van der Waals surface area contributed by atoms with Gasteiger partial charge in [-0.3, -0.25) is 0 Å². The molecule has 0 aliphatic heterocycles. The molecule has 0 unspecified atom stereocenters. The number of alkyl halides is 1. The molecular formula is C25H30Cl2N2O3. The van der Waals surface area contributed by atoms with Crippen molar-refractivity contribution in [3.05, 3.63) is 77.3 Å². The Balaban J connectivity index is 1.62. The lowest BCUT2D eigenvalue weighted by Gasteiger charge is -2.27. The summed E-state index contributed by atoms with van der Waals surface area (Å²) in [5, 5.41) is 10.7. The zero-order valence-corrected chi connectivity index (χ0v) is 20.2. The Bertz CT molecular complexity index is 975. The van der Waals surface area contributed by atoms with Crippen LogP contribution in [0.1, 0.15) is 31.9 Å². The summed E-state index contributed by atoms with van der Waals surface area (Å²) in [6.07, 6.45) is 4.55. The average molecular weight is 477 g/mol. The highest BCUT2D eigenvalue weighted by Crippen LogP contribution is 2.36. The van der Waals surface area contributed by atoms with Crippen LogP contribution in [0.25, 0.3) is 0 Å². The molecule has 0 fully saturated rings. The molecule has 0 saturated heterocycles. The molecule has 172 valence electrons. The third-order valence-electron chi connectivity index (χ3n) is 5.44. The lowest BCUT2D eigenvalue weighted by atomic mass is 9.78. The van der Waals surface area contributed by atoms with Crippen molar-refractivity contribution in [1.82, 2.24) is 9.55 Å². The second kappa shape index (κ2) is 11.1. The van der Waals surface area contributed by atoms with Gasteiger partial charge in [-0.05, 0) is 35.4 Å². The van der Waals surface area contributed by atoms with Crippen LogP contribution in [0.2, 0.25) is 5.02 Å². The van der Waals surface area contributed by atoms with Gasteiger partial charge in [0.05, 0.1) is 24.5 Å². The van der Waals surface area contributed by atoms with E-state index in [1.165, 1.54) is 0 Å². The summed E-state index contributed by atoms with van der Waals surface area (Å²) in [4.78, 5) is 3.97. The fourth-order valence-electron chi connectivity index (χ4n) is 3.30. The highest BCUT2D eigenvalue weighted by Gasteiger charge is 2.24. The maximum atomic E-state index is 10.1. The Morgan fingerprint density at radius 2 is 1.78 bits per heavy atom. The first kappa shape index (κ1) is 24.4. The smallest absolute Gasteiger partial charge is 0.137 e. The number of benzene rings is 2. The van der Waals surface area contributed by atoms with Crippen molar-refractivity contribution in [3.63, 3.8) is 0 Å². The van der Waals surface area contributed by atoms with E-state index in [0.29, 0.717) is 35.6 Å². The van der Waals surface area contributed by atoms with Crippen molar-refractivity contribution >= 4 is 23.2 Å². The van der Waals surface area contributed by atoms with Gasteiger partial charge in [-0.25, -0.2) is 4.98 Å². The second-order valence-corrected chi connectivity index (χ2v) is 9.31. The molecule has 0 saturated carbocycles. The molecule has 1 N–H and O–H groups in total. The number of aliphatic hydroxyl groups is 1. The van der Waals surface area contributed by atoms with Gasteiger partial charge in [-0.1, -0.05) is 50.6 Å². The Kier molecular flexibility index (Phi) is 8.46. The molecule has 0 radical (unpaired) electrons. The summed E-state index contributed by atoms with van der Waals surface area (Å²) in [5.41, 5.74) is 1.96. The van der Waals surface area contributed by atoms with Crippen molar-refractivity contribution in [2.75, 3.05) is 19.1 Å². The predicted octanol–water partition coefficient (Wildman–Crippen LogP) is 5.56. The lowest BCUT2D eigenvalue weighted by molar-refractivity contribution is 0.0924. The van der Waals surface area contributed by atoms with E-state index in [0.717, 1.165) is 11.1 Å². The number of hydrogen-bond donors (Lipinski definition) is 1. The minimum absolute atomic E-state index is 0.209. The number of rotatable bonds is 11. The van der Waals surface area contributed by atoms with E-state index in [4.69, 9.17) is 32.7 Å². The summed E-state index contributed by atoms with van der Waals surface area (Å²) >= 11 is 12.3. The molecule has 1 aromatic heterocycles. The third-order valence-corrected chi connectivity index (χ3v) is 6.26. The molecule has 3 aromatic rings. The Morgan fingerprint density at radius 1 is 1.06 bits per heavy atom. The molecule has 1 heterocycles. The van der Waals surface area contributed by atoms with Crippen LogP contribution in [-0.2, 0) is 12.0 Å². The molecule has 0 amide bonds. The van der Waals surface area contributed by atoms with Gasteiger partial charge in [-0.15, -0.1) is 11.6 Å². The quantitative estimate of drug-likeness (QED) is 0.368. The molecule has 7 heteroatoms. The maximum absolute atomic E-state index is 10.1. The van der Waals surface area contributed by atoms with E-state index in [9.17, 15) is 5.11 Å². The van der Waals surface area contributed by atoms with Gasteiger partial charge in [0.2, 0.25) is 0 Å². The van der Waals surface area contributed by atoms with E-state index < -0.39 is 6.10 Å². The Labute approximate surface area is 199 Å². The van der Waals surface area contributed by atoms with Crippen molar-refractivity contribution in [1.29, 1.82) is 0 Å². The van der Waals surface area contributed by atoms with Crippen molar-refractivity contribution in [3.8, 4) is 11.5 Å². The zero-order chi connectivity index (χ0) is 23.1. The number of ether oxygens (including phenoxy) is 2. The van der Waals surface area contributed by atoms with Crippen LogP contribution >= 0.6 is 23.2 Å². The van der Waals surface area contributed by atoms with Crippen LogP contribution in [0, 0.1) is 5.92 Å². The molecule has 5 nitrogen and oxygen atoms in total. The van der Waals surface area contributed by atoms with Crippen LogP contribution in [0.3, 0.4) is 0 Å². The normalized spacial score (nSPS) is 13.6. The maximum Gasteiger partial charge on any atom is 0.137 e. The Morgan fingerprint density at radius 3 is 2.41 bits per heavy atom. The van der Waals surface area contributed by atoms with Gasteiger partial charge in [0.15, 0.2) is 0 Å². The number of halogens is 2. The molecule has 32 heavy (non-hydrogen) atoms. The first-order valence-electron chi connectivity index (χ1n) is 10.7. The summed E-state index contributed by atoms with van der Waals surface area (Å²) in [6.45, 7) is 7.52. The van der Waals surface area contributed by atoms with E-state index >= 15 is 0 Å². The molecule has 2 aromatic carbocycles. The van der Waals surface area contributed by atoms with Crippen molar-refractivity contribution in [2.24, 2.45) is 5.92 Å². The second-order valence-electron chi connectivity index (χ2n) is 8.59.